The van der Waals surface area contributed by atoms with Crippen LogP contribution >= 0.6 is 0 Å². The van der Waals surface area contributed by atoms with Crippen LogP contribution in [0.15, 0.2) is 121 Å². The van der Waals surface area contributed by atoms with Crippen molar-refractivity contribution in [3.8, 4) is 0 Å². The Bertz CT molecular complexity index is 1660. The molecule has 0 bridgehead atoms. The number of carbonyl (C=O) groups excluding carboxylic acids is 5. The maximum atomic E-state index is 14.3. The summed E-state index contributed by atoms with van der Waals surface area (Å²) in [6, 6.07) is 31.4. The molecule has 10 heteroatoms. The van der Waals surface area contributed by atoms with Gasteiger partial charge in [0.2, 0.25) is 17.2 Å². The van der Waals surface area contributed by atoms with Crippen LogP contribution in [0.3, 0.4) is 0 Å². The van der Waals surface area contributed by atoms with Crippen LogP contribution in [0.5, 0.6) is 0 Å². The van der Waals surface area contributed by atoms with E-state index in [-0.39, 0.29) is 22.3 Å². The molecule has 1 aliphatic rings. The summed E-state index contributed by atoms with van der Waals surface area (Å²) in [4.78, 5) is 67.6. The predicted molar refractivity (Wildman–Crippen MR) is 158 cm³/mol. The third kappa shape index (κ3) is 6.72. The summed E-state index contributed by atoms with van der Waals surface area (Å²) in [6.45, 7) is -0.885. The number of ether oxygens (including phenoxy) is 5. The molecule has 1 fully saturated rings. The van der Waals surface area contributed by atoms with E-state index in [2.05, 4.69) is 0 Å². The number of Topliss-reactive ketones (excluding diaryl/α,β-unsaturated/α-hetero) is 2. The van der Waals surface area contributed by atoms with Crippen LogP contribution in [0, 0.1) is 0 Å². The second kappa shape index (κ2) is 13.9. The van der Waals surface area contributed by atoms with Crippen LogP contribution in [0.25, 0.3) is 0 Å². The number of benzene rings is 4. The number of methoxy groups -OCH3 is 1. The minimum absolute atomic E-state index is 0.00620. The average molecular weight is 609 g/mol. The van der Waals surface area contributed by atoms with E-state index in [0.29, 0.717) is 0 Å². The van der Waals surface area contributed by atoms with Gasteiger partial charge in [0.25, 0.3) is 0 Å². The van der Waals surface area contributed by atoms with E-state index in [9.17, 15) is 24.0 Å². The van der Waals surface area contributed by atoms with Gasteiger partial charge in [-0.05, 0) is 36.4 Å². The van der Waals surface area contributed by atoms with Crippen molar-refractivity contribution in [3.05, 3.63) is 144 Å². The highest BCUT2D eigenvalue weighted by atomic mass is 16.7. The van der Waals surface area contributed by atoms with Gasteiger partial charge < -0.3 is 23.7 Å². The summed E-state index contributed by atoms with van der Waals surface area (Å²) >= 11 is 0. The van der Waals surface area contributed by atoms with E-state index in [1.165, 1.54) is 55.6 Å². The molecule has 45 heavy (non-hydrogen) atoms. The molecule has 0 aromatic heterocycles. The van der Waals surface area contributed by atoms with Gasteiger partial charge in [-0.3, -0.25) is 9.59 Å². The van der Waals surface area contributed by atoms with Gasteiger partial charge in [-0.15, -0.1) is 0 Å². The van der Waals surface area contributed by atoms with Crippen molar-refractivity contribution < 1.29 is 47.7 Å². The van der Waals surface area contributed by atoms with Crippen LogP contribution < -0.4 is 0 Å². The number of hydrogen-bond acceptors (Lipinski definition) is 10. The van der Waals surface area contributed by atoms with Crippen molar-refractivity contribution in [1.82, 2.24) is 0 Å². The molecule has 228 valence electrons. The Morgan fingerprint density at radius 3 is 1.49 bits per heavy atom. The lowest BCUT2D eigenvalue weighted by atomic mass is 9.86. The number of hydrogen-bond donors (Lipinski definition) is 0. The zero-order chi connectivity index (χ0) is 31.8. The molecule has 4 aromatic carbocycles. The molecule has 0 saturated carbocycles. The Balaban J connectivity index is 1.59. The normalized spacial score (nSPS) is 20.5. The first-order valence-corrected chi connectivity index (χ1v) is 13.9. The van der Waals surface area contributed by atoms with Crippen molar-refractivity contribution in [3.63, 3.8) is 0 Å². The van der Waals surface area contributed by atoms with E-state index in [1.54, 1.807) is 72.8 Å². The fourth-order valence-corrected chi connectivity index (χ4v) is 4.84. The summed E-state index contributed by atoms with van der Waals surface area (Å²) in [5, 5.41) is 0. The molecule has 4 atom stereocenters. The number of rotatable bonds is 11. The molecule has 1 aliphatic heterocycles. The number of esters is 3. The zero-order valence-electron chi connectivity index (χ0n) is 24.1. The third-order valence-corrected chi connectivity index (χ3v) is 7.13. The zero-order valence-corrected chi connectivity index (χ0v) is 24.1. The van der Waals surface area contributed by atoms with Crippen LogP contribution in [-0.4, -0.2) is 67.3 Å². The molecule has 10 nitrogen and oxygen atoms in total. The molecule has 0 N–H and O–H groups in total. The van der Waals surface area contributed by atoms with Gasteiger partial charge in [0.05, 0.1) is 16.7 Å². The second-order valence-corrected chi connectivity index (χ2v) is 10.0. The van der Waals surface area contributed by atoms with Crippen molar-refractivity contribution in [2.75, 3.05) is 13.7 Å². The minimum atomic E-state index is -2.48. The Labute approximate surface area is 258 Å². The maximum Gasteiger partial charge on any atom is 0.338 e. The highest BCUT2D eigenvalue weighted by Crippen LogP contribution is 2.39. The van der Waals surface area contributed by atoms with Gasteiger partial charge in [-0.2, -0.15) is 0 Å². The largest absolute Gasteiger partial charge is 0.458 e. The molecule has 1 saturated heterocycles. The second-order valence-electron chi connectivity index (χ2n) is 10.0. The predicted octanol–water partition coefficient (Wildman–Crippen LogP) is 4.49. The third-order valence-electron chi connectivity index (χ3n) is 7.13. The van der Waals surface area contributed by atoms with Gasteiger partial charge in [-0.1, -0.05) is 84.9 Å². The van der Waals surface area contributed by atoms with E-state index in [0.717, 1.165) is 0 Å². The van der Waals surface area contributed by atoms with Gasteiger partial charge >= 0.3 is 17.9 Å². The fourth-order valence-electron chi connectivity index (χ4n) is 4.84. The Morgan fingerprint density at radius 2 is 1.02 bits per heavy atom. The molecule has 0 spiro atoms. The summed E-state index contributed by atoms with van der Waals surface area (Å²) in [5.74, 6) is -4.82. The van der Waals surface area contributed by atoms with Crippen LogP contribution in [0.4, 0.5) is 0 Å². The summed E-state index contributed by atoms with van der Waals surface area (Å²) in [5.41, 5.74) is -2.07. The molecule has 4 aromatic rings. The van der Waals surface area contributed by atoms with Gasteiger partial charge in [0, 0.05) is 12.7 Å². The molecular formula is C35H28O10. The average Bonchev–Trinajstić information content (AvgIpc) is 3.40. The molecular weight excluding hydrogens is 580 g/mol. The smallest absolute Gasteiger partial charge is 0.338 e. The maximum absolute atomic E-state index is 14.3. The van der Waals surface area contributed by atoms with Gasteiger partial charge in [0.1, 0.15) is 6.61 Å². The monoisotopic (exact) mass is 608 g/mol. The van der Waals surface area contributed by atoms with Crippen molar-refractivity contribution in [1.29, 1.82) is 0 Å². The Kier molecular flexibility index (Phi) is 9.57. The molecule has 5 rings (SSSR count). The van der Waals surface area contributed by atoms with Crippen molar-refractivity contribution in [2.24, 2.45) is 0 Å². The van der Waals surface area contributed by atoms with Crippen LogP contribution in [-0.2, 0) is 28.5 Å². The molecule has 1 heterocycles. The number of carbonyl (C=O) groups is 5. The lowest BCUT2D eigenvalue weighted by molar-refractivity contribution is -0.190. The first-order valence-electron chi connectivity index (χ1n) is 13.9. The highest BCUT2D eigenvalue weighted by Gasteiger charge is 2.66. The molecule has 0 unspecified atom stereocenters. The lowest BCUT2D eigenvalue weighted by Gasteiger charge is -2.32. The van der Waals surface area contributed by atoms with E-state index in [4.69, 9.17) is 23.7 Å². The van der Waals surface area contributed by atoms with E-state index >= 15 is 0 Å². The minimum Gasteiger partial charge on any atom is -0.458 e. The summed E-state index contributed by atoms with van der Waals surface area (Å²) in [6.07, 6.45) is -4.89. The van der Waals surface area contributed by atoms with Gasteiger partial charge in [-0.25, -0.2) is 14.4 Å². The topological polar surface area (TPSA) is 132 Å². The van der Waals surface area contributed by atoms with Crippen LogP contribution in [0.2, 0.25) is 0 Å². The van der Waals surface area contributed by atoms with Crippen LogP contribution in [0.1, 0.15) is 41.4 Å². The fraction of sp³-hybridized carbons (Fsp3) is 0.171. The molecule has 0 amide bonds. The van der Waals surface area contributed by atoms with Crippen molar-refractivity contribution in [2.45, 2.75) is 24.1 Å². The number of ketones is 2. The first-order chi connectivity index (χ1) is 21.8. The Hall–Kier alpha value is -5.45. The molecule has 0 aliphatic carbocycles. The van der Waals surface area contributed by atoms with Gasteiger partial charge in [0.15, 0.2) is 18.5 Å². The summed E-state index contributed by atoms with van der Waals surface area (Å²) < 4.78 is 28.7. The van der Waals surface area contributed by atoms with E-state index in [1.807, 2.05) is 0 Å². The lowest BCUT2D eigenvalue weighted by Crippen LogP contribution is -2.58. The quantitative estimate of drug-likeness (QED) is 0.104. The highest BCUT2D eigenvalue weighted by molar-refractivity contribution is 6.46. The van der Waals surface area contributed by atoms with E-state index < -0.39 is 60.2 Å². The van der Waals surface area contributed by atoms with Crippen molar-refractivity contribution >= 4 is 29.5 Å². The SMILES string of the molecule is CO[C@@H]1O[C@@](COC(=O)c2ccccc2)(C(=O)C(=O)c2ccccc2)[C@@H](OC(=O)c2ccccc2)[C@H]1OC(=O)c1ccccc1. The first kappa shape index (κ1) is 31.0. The molecule has 0 radical (unpaired) electrons. The standard InChI is InChI=1S/C35H28O10/c1-41-34-28(43-32(39)25-18-10-4-11-19-25)30(44-33(40)26-20-12-5-13-21-26)35(45-34,22-42-31(38)24-16-8-3-9-17-24)29(37)27(36)23-14-6-2-7-15-23/h2-21,28,30,34H,22H2,1H3/t28-,30+,34-,35+/m1/s1. The Morgan fingerprint density at radius 1 is 0.600 bits per heavy atom. The summed E-state index contributed by atoms with van der Waals surface area (Å²) in [7, 11) is 1.22.